The van der Waals surface area contributed by atoms with E-state index >= 15 is 0 Å². The highest BCUT2D eigenvalue weighted by Gasteiger charge is 2.31. The number of carboxylic acid groups (broad SMARTS) is 2. The molecule has 0 aromatic carbocycles. The van der Waals surface area contributed by atoms with Gasteiger partial charge in [-0.1, -0.05) is 20.3 Å². The van der Waals surface area contributed by atoms with Crippen LogP contribution in [0.25, 0.3) is 0 Å². The van der Waals surface area contributed by atoms with E-state index in [1.165, 1.54) is 6.92 Å². The Kier molecular flexibility index (Phi) is 12.5. The zero-order chi connectivity index (χ0) is 24.1. The molecular weight excluding hydrogens is 412 g/mol. The van der Waals surface area contributed by atoms with Crippen LogP contribution in [0.1, 0.15) is 59.3 Å². The summed E-state index contributed by atoms with van der Waals surface area (Å²) in [5, 5.41) is 24.9. The first-order chi connectivity index (χ1) is 14.4. The Bertz CT molecular complexity index is 682. The monoisotopic (exact) mass is 444 g/mol. The summed E-state index contributed by atoms with van der Waals surface area (Å²) in [6.45, 7) is 4.65. The van der Waals surface area contributed by atoms with Crippen LogP contribution in [-0.4, -0.2) is 63.9 Å². The van der Waals surface area contributed by atoms with Crippen molar-refractivity contribution in [3.05, 3.63) is 0 Å². The number of aliphatic carboxylic acids is 2. The van der Waals surface area contributed by atoms with Crippen LogP contribution in [0.2, 0.25) is 0 Å². The first-order valence-electron chi connectivity index (χ1n) is 9.99. The van der Waals surface area contributed by atoms with Crippen molar-refractivity contribution in [1.82, 2.24) is 16.0 Å². The zero-order valence-corrected chi connectivity index (χ0v) is 18.0. The lowest BCUT2D eigenvalue weighted by Crippen LogP contribution is -2.58. The van der Waals surface area contributed by atoms with Crippen LogP contribution in [0.3, 0.4) is 0 Å². The number of nitrogens with two attached hydrogens (primary N) is 1. The van der Waals surface area contributed by atoms with Crippen molar-refractivity contribution in [2.75, 3.05) is 0 Å². The molecule has 0 aliphatic heterocycles. The summed E-state index contributed by atoms with van der Waals surface area (Å²) in [5.41, 5.74) is 5.29. The van der Waals surface area contributed by atoms with E-state index in [1.807, 2.05) is 0 Å². The fourth-order valence-electron chi connectivity index (χ4n) is 2.74. The SMILES string of the molecule is CCC(C)[C@H](NC(=O)[C@H](CCC(=O)O)NC(C)=O)C(=O)N[C@@H](CCCC(=O)O)C(N)=O. The van der Waals surface area contributed by atoms with Crippen molar-refractivity contribution in [1.29, 1.82) is 0 Å². The normalized spacial score (nSPS) is 14.4. The van der Waals surface area contributed by atoms with E-state index in [9.17, 15) is 28.8 Å². The van der Waals surface area contributed by atoms with Crippen LogP contribution in [0.4, 0.5) is 0 Å². The average Bonchev–Trinajstić information content (AvgIpc) is 2.66. The molecule has 31 heavy (non-hydrogen) atoms. The first-order valence-corrected chi connectivity index (χ1v) is 9.99. The predicted molar refractivity (Wildman–Crippen MR) is 108 cm³/mol. The van der Waals surface area contributed by atoms with Gasteiger partial charge in [0.05, 0.1) is 0 Å². The Morgan fingerprint density at radius 1 is 0.839 bits per heavy atom. The van der Waals surface area contributed by atoms with Gasteiger partial charge in [-0.25, -0.2) is 0 Å². The largest absolute Gasteiger partial charge is 0.481 e. The van der Waals surface area contributed by atoms with Crippen LogP contribution >= 0.6 is 0 Å². The van der Waals surface area contributed by atoms with E-state index in [0.717, 1.165) is 0 Å². The third-order valence-electron chi connectivity index (χ3n) is 4.68. The Labute approximate surface area is 180 Å². The van der Waals surface area contributed by atoms with Crippen LogP contribution in [0, 0.1) is 5.92 Å². The van der Waals surface area contributed by atoms with Gasteiger partial charge in [-0.3, -0.25) is 28.8 Å². The van der Waals surface area contributed by atoms with Gasteiger partial charge in [-0.15, -0.1) is 0 Å². The molecule has 0 fully saturated rings. The number of amides is 4. The van der Waals surface area contributed by atoms with Crippen molar-refractivity contribution in [3.63, 3.8) is 0 Å². The standard InChI is InChI=1S/C19H32N4O8/c1-4-10(2)16(19(31)22-12(17(20)29)6-5-7-14(25)26)23-18(30)13(21-11(3)24)8-9-15(27)28/h10,12-13,16H,4-9H2,1-3H3,(H2,20,29)(H,21,24)(H,22,31)(H,23,30)(H,25,26)(H,27,28)/t10?,12-,13-,16-/m0/s1. The number of rotatable bonds is 15. The van der Waals surface area contributed by atoms with Crippen molar-refractivity contribution in [2.45, 2.75) is 77.4 Å². The van der Waals surface area contributed by atoms with E-state index in [2.05, 4.69) is 16.0 Å². The molecule has 0 saturated carbocycles. The minimum absolute atomic E-state index is 0.0155. The predicted octanol–water partition coefficient (Wildman–Crippen LogP) is -0.888. The first kappa shape index (κ1) is 27.8. The number of nitrogens with one attached hydrogen (secondary N) is 3. The molecule has 0 aromatic heterocycles. The molecule has 0 rings (SSSR count). The molecule has 4 amide bonds. The maximum atomic E-state index is 12.8. The minimum atomic E-state index is -1.16. The molecule has 0 bridgehead atoms. The van der Waals surface area contributed by atoms with E-state index in [4.69, 9.17) is 15.9 Å². The Morgan fingerprint density at radius 2 is 1.42 bits per heavy atom. The third kappa shape index (κ3) is 11.6. The molecule has 12 nitrogen and oxygen atoms in total. The fourth-order valence-corrected chi connectivity index (χ4v) is 2.74. The van der Waals surface area contributed by atoms with Gasteiger partial charge in [0.15, 0.2) is 0 Å². The van der Waals surface area contributed by atoms with Gasteiger partial charge >= 0.3 is 11.9 Å². The lowest BCUT2D eigenvalue weighted by atomic mass is 9.96. The molecule has 1 unspecified atom stereocenters. The Balaban J connectivity index is 5.35. The minimum Gasteiger partial charge on any atom is -0.481 e. The zero-order valence-electron chi connectivity index (χ0n) is 18.0. The van der Waals surface area contributed by atoms with Crippen LogP contribution in [-0.2, 0) is 28.8 Å². The number of hydrogen-bond donors (Lipinski definition) is 6. The van der Waals surface area contributed by atoms with Crippen LogP contribution in [0.5, 0.6) is 0 Å². The average molecular weight is 444 g/mol. The molecule has 176 valence electrons. The van der Waals surface area contributed by atoms with E-state index < -0.39 is 53.7 Å². The summed E-state index contributed by atoms with van der Waals surface area (Å²) in [6, 6.07) is -3.36. The molecule has 12 heteroatoms. The van der Waals surface area contributed by atoms with Crippen molar-refractivity contribution >= 4 is 35.6 Å². The topological polar surface area (TPSA) is 205 Å². The molecule has 0 spiro atoms. The quantitative estimate of drug-likeness (QED) is 0.186. The lowest BCUT2D eigenvalue weighted by Gasteiger charge is -2.27. The molecule has 0 radical (unpaired) electrons. The maximum absolute atomic E-state index is 12.8. The second-order valence-electron chi connectivity index (χ2n) is 7.31. The van der Waals surface area contributed by atoms with Crippen molar-refractivity contribution in [2.24, 2.45) is 11.7 Å². The number of carbonyl (C=O) groups excluding carboxylic acids is 4. The second kappa shape index (κ2) is 13.9. The molecule has 7 N–H and O–H groups in total. The van der Waals surface area contributed by atoms with Gasteiger partial charge in [0, 0.05) is 19.8 Å². The molecule has 0 aromatic rings. The van der Waals surface area contributed by atoms with Gasteiger partial charge in [0.25, 0.3) is 0 Å². The fraction of sp³-hybridized carbons (Fsp3) is 0.684. The Morgan fingerprint density at radius 3 is 1.87 bits per heavy atom. The molecular formula is C19H32N4O8. The summed E-state index contributed by atoms with van der Waals surface area (Å²) in [7, 11) is 0. The number of primary amides is 1. The maximum Gasteiger partial charge on any atom is 0.303 e. The molecule has 0 saturated heterocycles. The summed E-state index contributed by atoms with van der Waals surface area (Å²) in [4.78, 5) is 69.9. The van der Waals surface area contributed by atoms with Gasteiger partial charge in [-0.2, -0.15) is 0 Å². The highest BCUT2D eigenvalue weighted by molar-refractivity contribution is 5.94. The number of carbonyl (C=O) groups is 6. The van der Waals surface area contributed by atoms with Gasteiger partial charge < -0.3 is 31.9 Å². The smallest absolute Gasteiger partial charge is 0.303 e. The highest BCUT2D eigenvalue weighted by Crippen LogP contribution is 2.11. The van der Waals surface area contributed by atoms with Crippen LogP contribution < -0.4 is 21.7 Å². The summed E-state index contributed by atoms with van der Waals surface area (Å²) < 4.78 is 0. The van der Waals surface area contributed by atoms with E-state index in [0.29, 0.717) is 6.42 Å². The van der Waals surface area contributed by atoms with Gasteiger partial charge in [0.2, 0.25) is 23.6 Å². The van der Waals surface area contributed by atoms with Crippen molar-refractivity contribution in [3.8, 4) is 0 Å². The second-order valence-corrected chi connectivity index (χ2v) is 7.31. The summed E-state index contributed by atoms with van der Waals surface area (Å²) in [6.07, 6.45) is -0.128. The lowest BCUT2D eigenvalue weighted by molar-refractivity contribution is -0.139. The molecule has 4 atom stereocenters. The van der Waals surface area contributed by atoms with E-state index in [-0.39, 0.29) is 38.0 Å². The molecule has 0 aliphatic rings. The van der Waals surface area contributed by atoms with Gasteiger partial charge in [0.1, 0.15) is 18.1 Å². The van der Waals surface area contributed by atoms with Gasteiger partial charge in [-0.05, 0) is 25.2 Å². The van der Waals surface area contributed by atoms with Crippen molar-refractivity contribution < 1.29 is 39.0 Å². The Hall–Kier alpha value is -3.18. The third-order valence-corrected chi connectivity index (χ3v) is 4.68. The number of carboxylic acids is 2. The summed E-state index contributed by atoms with van der Waals surface area (Å²) >= 11 is 0. The molecule has 0 aliphatic carbocycles. The molecule has 0 heterocycles. The van der Waals surface area contributed by atoms with Crippen LogP contribution in [0.15, 0.2) is 0 Å². The summed E-state index contributed by atoms with van der Waals surface area (Å²) in [5.74, 6) is -5.38. The highest BCUT2D eigenvalue weighted by atomic mass is 16.4. The van der Waals surface area contributed by atoms with E-state index in [1.54, 1.807) is 13.8 Å². The number of hydrogen-bond acceptors (Lipinski definition) is 6.